The maximum absolute atomic E-state index is 12.4. The van der Waals surface area contributed by atoms with Crippen molar-refractivity contribution in [3.05, 3.63) is 54.1 Å². The second-order valence-electron chi connectivity index (χ2n) is 4.84. The van der Waals surface area contributed by atoms with E-state index in [1.54, 1.807) is 0 Å². The molecule has 0 spiro atoms. The Hall–Kier alpha value is -2.20. The molecule has 2 aromatic carbocycles. The van der Waals surface area contributed by atoms with Crippen molar-refractivity contribution < 1.29 is 31.5 Å². The lowest BCUT2D eigenvalue weighted by Gasteiger charge is -2.13. The average molecular weight is 391 g/mol. The van der Waals surface area contributed by atoms with Gasteiger partial charge in [-0.3, -0.25) is 4.72 Å². The summed E-state index contributed by atoms with van der Waals surface area (Å²) in [6.07, 6.45) is -4.40. The number of nitrogens with one attached hydrogen (secondary N) is 1. The average Bonchev–Trinajstić information content (AvgIpc) is 2.53. The summed E-state index contributed by atoms with van der Waals surface area (Å²) in [6, 6.07) is 10.3. The summed E-state index contributed by atoms with van der Waals surface area (Å²) in [7, 11) is -4.15. The fourth-order valence-electron chi connectivity index (χ4n) is 1.84. The number of carboxylic acid groups (broad SMARTS) is 1. The summed E-state index contributed by atoms with van der Waals surface area (Å²) in [5, 5.41) is 8.93. The van der Waals surface area contributed by atoms with Crippen LogP contribution >= 0.6 is 11.8 Å². The van der Waals surface area contributed by atoms with Crippen molar-refractivity contribution in [3.63, 3.8) is 0 Å². The highest BCUT2D eigenvalue weighted by atomic mass is 32.2. The topological polar surface area (TPSA) is 83.5 Å². The number of benzene rings is 2. The predicted octanol–water partition coefficient (Wildman–Crippen LogP) is 3.84. The molecule has 0 saturated heterocycles. The van der Waals surface area contributed by atoms with E-state index in [-0.39, 0.29) is 21.0 Å². The first kappa shape index (κ1) is 19.1. The zero-order chi connectivity index (χ0) is 18.7. The first-order chi connectivity index (χ1) is 11.6. The third kappa shape index (κ3) is 5.40. The van der Waals surface area contributed by atoms with Crippen molar-refractivity contribution in [2.75, 3.05) is 10.5 Å². The van der Waals surface area contributed by atoms with Gasteiger partial charge in [-0.1, -0.05) is 18.2 Å². The lowest BCUT2D eigenvalue weighted by molar-refractivity contribution is -0.105. The SMILES string of the molecule is O=C(O)c1cccc(S(=O)(=O)Nc2ccccc2SCC(F)(F)F)c1. The molecule has 0 aliphatic carbocycles. The molecule has 0 bridgehead atoms. The molecule has 0 atom stereocenters. The number of alkyl halides is 3. The van der Waals surface area contributed by atoms with E-state index in [1.165, 1.54) is 42.5 Å². The highest BCUT2D eigenvalue weighted by Gasteiger charge is 2.28. The van der Waals surface area contributed by atoms with Gasteiger partial charge < -0.3 is 5.11 Å². The van der Waals surface area contributed by atoms with Crippen LogP contribution in [0.3, 0.4) is 0 Å². The number of halogens is 3. The molecule has 0 heterocycles. The number of rotatable bonds is 6. The van der Waals surface area contributed by atoms with Crippen LogP contribution in [0.1, 0.15) is 10.4 Å². The van der Waals surface area contributed by atoms with Crippen LogP contribution in [0.2, 0.25) is 0 Å². The Morgan fingerprint density at radius 1 is 1.12 bits per heavy atom. The van der Waals surface area contributed by atoms with Crippen LogP contribution in [-0.4, -0.2) is 31.4 Å². The molecular weight excluding hydrogens is 379 g/mol. The highest BCUT2D eigenvalue weighted by Crippen LogP contribution is 2.33. The van der Waals surface area contributed by atoms with Crippen molar-refractivity contribution in [1.82, 2.24) is 0 Å². The minimum absolute atomic E-state index is 0.0162. The number of para-hydroxylation sites is 1. The fourth-order valence-corrected chi connectivity index (χ4v) is 3.79. The third-order valence-corrected chi connectivity index (χ3v) is 5.42. The number of carboxylic acids is 1. The van der Waals surface area contributed by atoms with Crippen molar-refractivity contribution in [2.45, 2.75) is 16.0 Å². The van der Waals surface area contributed by atoms with Crippen molar-refractivity contribution in [2.24, 2.45) is 0 Å². The van der Waals surface area contributed by atoms with E-state index in [0.717, 1.165) is 6.07 Å². The van der Waals surface area contributed by atoms with Crippen LogP contribution in [-0.2, 0) is 10.0 Å². The highest BCUT2D eigenvalue weighted by molar-refractivity contribution is 7.99. The van der Waals surface area contributed by atoms with Crippen molar-refractivity contribution in [3.8, 4) is 0 Å². The predicted molar refractivity (Wildman–Crippen MR) is 87.4 cm³/mol. The Labute approximate surface area is 145 Å². The van der Waals surface area contributed by atoms with Crippen LogP contribution in [0.25, 0.3) is 0 Å². The van der Waals surface area contributed by atoms with Gasteiger partial charge in [0.05, 0.1) is 21.9 Å². The minimum atomic E-state index is -4.40. The standard InChI is InChI=1S/C15H12F3NO4S2/c16-15(17,18)9-24-13-7-2-1-6-12(13)19-25(22,23)11-5-3-4-10(8-11)14(20)21/h1-8,19H,9H2,(H,20,21). The molecule has 0 aliphatic heterocycles. The van der Waals surface area contributed by atoms with Gasteiger partial charge in [-0.25, -0.2) is 13.2 Å². The number of carbonyl (C=O) groups is 1. The fraction of sp³-hybridized carbons (Fsp3) is 0.133. The van der Waals surface area contributed by atoms with Gasteiger partial charge in [0.15, 0.2) is 0 Å². The van der Waals surface area contributed by atoms with E-state index in [2.05, 4.69) is 4.72 Å². The molecule has 0 fully saturated rings. The maximum Gasteiger partial charge on any atom is 0.398 e. The minimum Gasteiger partial charge on any atom is -0.478 e. The van der Waals surface area contributed by atoms with E-state index in [1.807, 2.05) is 0 Å². The normalized spacial score (nSPS) is 12.0. The molecule has 0 aliphatic rings. The Bertz CT molecular complexity index is 882. The van der Waals surface area contributed by atoms with Gasteiger partial charge >= 0.3 is 12.1 Å². The van der Waals surface area contributed by atoms with Gasteiger partial charge in [-0.05, 0) is 30.3 Å². The lowest BCUT2D eigenvalue weighted by Crippen LogP contribution is -2.15. The molecule has 2 N–H and O–H groups in total. The molecular formula is C15H12F3NO4S2. The van der Waals surface area contributed by atoms with E-state index in [0.29, 0.717) is 11.8 Å². The van der Waals surface area contributed by atoms with Crippen LogP contribution in [0, 0.1) is 0 Å². The van der Waals surface area contributed by atoms with Gasteiger partial charge in [0.2, 0.25) is 0 Å². The van der Waals surface area contributed by atoms with Crippen LogP contribution in [0.5, 0.6) is 0 Å². The van der Waals surface area contributed by atoms with Crippen LogP contribution < -0.4 is 4.72 Å². The molecule has 2 rings (SSSR count). The summed E-state index contributed by atoms with van der Waals surface area (Å²) >= 11 is 0.452. The van der Waals surface area contributed by atoms with Crippen molar-refractivity contribution >= 4 is 33.4 Å². The molecule has 5 nitrogen and oxygen atoms in total. The number of hydrogen-bond donors (Lipinski definition) is 2. The second kappa shape index (κ2) is 7.36. The number of anilines is 1. The van der Waals surface area contributed by atoms with Crippen LogP contribution in [0.15, 0.2) is 58.3 Å². The summed E-state index contributed by atoms with van der Waals surface area (Å²) in [6.45, 7) is 0. The molecule has 0 amide bonds. The number of aromatic carboxylic acids is 1. The molecule has 0 radical (unpaired) electrons. The first-order valence-electron chi connectivity index (χ1n) is 6.73. The van der Waals surface area contributed by atoms with E-state index < -0.39 is 27.9 Å². The molecule has 0 unspecified atom stereocenters. The summed E-state index contributed by atoms with van der Waals surface area (Å²) in [4.78, 5) is 10.8. The second-order valence-corrected chi connectivity index (χ2v) is 7.54. The van der Waals surface area contributed by atoms with E-state index in [4.69, 9.17) is 5.11 Å². The summed E-state index contributed by atoms with van der Waals surface area (Å²) in [5.74, 6) is -2.46. The first-order valence-corrected chi connectivity index (χ1v) is 9.20. The number of hydrogen-bond acceptors (Lipinski definition) is 4. The largest absolute Gasteiger partial charge is 0.478 e. The molecule has 134 valence electrons. The number of thioether (sulfide) groups is 1. The quantitative estimate of drug-likeness (QED) is 0.731. The molecule has 25 heavy (non-hydrogen) atoms. The number of sulfonamides is 1. The molecule has 0 saturated carbocycles. The Morgan fingerprint density at radius 3 is 2.44 bits per heavy atom. The summed E-state index contributed by atoms with van der Waals surface area (Å²) < 4.78 is 64.1. The van der Waals surface area contributed by atoms with Crippen LogP contribution in [0.4, 0.5) is 18.9 Å². The molecule has 10 heteroatoms. The Kier molecular flexibility index (Phi) is 5.63. The monoisotopic (exact) mass is 391 g/mol. The third-order valence-electron chi connectivity index (χ3n) is 2.91. The Morgan fingerprint density at radius 2 is 1.80 bits per heavy atom. The maximum atomic E-state index is 12.4. The smallest absolute Gasteiger partial charge is 0.398 e. The summed E-state index contributed by atoms with van der Waals surface area (Å²) in [5.41, 5.74) is -0.236. The van der Waals surface area contributed by atoms with E-state index >= 15 is 0 Å². The van der Waals surface area contributed by atoms with Gasteiger partial charge in [0.1, 0.15) is 0 Å². The molecule has 0 aromatic heterocycles. The van der Waals surface area contributed by atoms with Gasteiger partial charge in [-0.2, -0.15) is 13.2 Å². The van der Waals surface area contributed by atoms with E-state index in [9.17, 15) is 26.4 Å². The zero-order valence-corrected chi connectivity index (χ0v) is 14.1. The zero-order valence-electron chi connectivity index (χ0n) is 12.4. The molecule has 2 aromatic rings. The Balaban J connectivity index is 2.29. The van der Waals surface area contributed by atoms with Gasteiger partial charge in [0, 0.05) is 4.90 Å². The van der Waals surface area contributed by atoms with Crippen molar-refractivity contribution in [1.29, 1.82) is 0 Å². The van der Waals surface area contributed by atoms with Gasteiger partial charge in [-0.15, -0.1) is 11.8 Å². The lowest BCUT2D eigenvalue weighted by atomic mass is 10.2. The van der Waals surface area contributed by atoms with Gasteiger partial charge in [0.25, 0.3) is 10.0 Å².